The maximum absolute atomic E-state index is 13.7. The van der Waals surface area contributed by atoms with Crippen LogP contribution in [0.3, 0.4) is 0 Å². The lowest BCUT2D eigenvalue weighted by molar-refractivity contribution is -0.138. The van der Waals surface area contributed by atoms with Gasteiger partial charge in [-0.05, 0) is 69.5 Å². The number of fused-ring (bicyclic) bond motifs is 3. The highest BCUT2D eigenvalue weighted by molar-refractivity contribution is 6.03. The summed E-state index contributed by atoms with van der Waals surface area (Å²) in [4.78, 5) is 67.4. The fourth-order valence-electron chi connectivity index (χ4n) is 8.50. The Hall–Kier alpha value is -3.85. The molecule has 2 aliphatic carbocycles. The Kier molecular flexibility index (Phi) is 8.06. The van der Waals surface area contributed by atoms with Crippen molar-refractivity contribution in [3.8, 4) is 5.75 Å². The fraction of sp³-hybridized carbons (Fsp3) is 0.528. The largest absolute Gasteiger partial charge is 0.492 e. The molecule has 3 atom stereocenters. The highest BCUT2D eigenvalue weighted by Crippen LogP contribution is 2.46. The monoisotopic (exact) mass is 611 g/mol. The number of likely N-dealkylation sites (tertiary alicyclic amines) is 2. The van der Waals surface area contributed by atoms with E-state index in [0.29, 0.717) is 70.3 Å². The maximum atomic E-state index is 13.7. The molecule has 2 aromatic carbocycles. The molecule has 0 saturated carbocycles. The van der Waals surface area contributed by atoms with E-state index in [-0.39, 0.29) is 52.6 Å². The van der Waals surface area contributed by atoms with Crippen molar-refractivity contribution in [2.75, 3.05) is 32.8 Å². The lowest BCUT2D eigenvalue weighted by atomic mass is 9.73. The van der Waals surface area contributed by atoms with Crippen LogP contribution < -0.4 is 10.1 Å². The fourth-order valence-corrected chi connectivity index (χ4v) is 8.50. The van der Waals surface area contributed by atoms with Crippen molar-refractivity contribution < 1.29 is 28.7 Å². The van der Waals surface area contributed by atoms with Gasteiger partial charge in [-0.15, -0.1) is 0 Å². The van der Waals surface area contributed by atoms with Crippen molar-refractivity contribution in [2.45, 2.75) is 75.7 Å². The minimum Gasteiger partial charge on any atom is -0.492 e. The van der Waals surface area contributed by atoms with E-state index in [4.69, 9.17) is 4.74 Å². The van der Waals surface area contributed by atoms with E-state index in [0.717, 1.165) is 54.7 Å². The SMILES string of the molecule is O=C1CCC(CCC2Cc3c(OCCN4CCC[C@H]4C(=O)N4CCC5(CC4)CC(=O)c4ccccc45)cccc3C2=O)C(=O)N1. The van der Waals surface area contributed by atoms with E-state index < -0.39 is 0 Å². The second-order valence-electron chi connectivity index (χ2n) is 13.6. The van der Waals surface area contributed by atoms with E-state index >= 15 is 0 Å². The number of amides is 3. The second-order valence-corrected chi connectivity index (χ2v) is 13.6. The number of carbonyl (C=O) groups is 5. The van der Waals surface area contributed by atoms with Gasteiger partial charge in [-0.25, -0.2) is 0 Å². The molecule has 1 spiro atoms. The van der Waals surface area contributed by atoms with Gasteiger partial charge in [-0.3, -0.25) is 34.2 Å². The van der Waals surface area contributed by atoms with Crippen LogP contribution >= 0.6 is 0 Å². The Balaban J connectivity index is 0.918. The molecule has 7 rings (SSSR count). The number of ether oxygens (including phenoxy) is 1. The highest BCUT2D eigenvalue weighted by Gasteiger charge is 2.46. The summed E-state index contributed by atoms with van der Waals surface area (Å²) in [5, 5.41) is 2.41. The van der Waals surface area contributed by atoms with Gasteiger partial charge in [0.15, 0.2) is 11.6 Å². The molecule has 3 heterocycles. The van der Waals surface area contributed by atoms with Gasteiger partial charge in [-0.2, -0.15) is 0 Å². The van der Waals surface area contributed by atoms with Crippen LogP contribution in [0.1, 0.15) is 89.6 Å². The number of nitrogens with zero attached hydrogens (tertiary/aromatic N) is 2. The lowest BCUT2D eigenvalue weighted by Gasteiger charge is -2.41. The summed E-state index contributed by atoms with van der Waals surface area (Å²) in [5.41, 5.74) is 3.52. The molecule has 3 fully saturated rings. The van der Waals surface area contributed by atoms with Crippen molar-refractivity contribution in [1.29, 1.82) is 0 Å². The Morgan fingerprint density at radius 1 is 0.911 bits per heavy atom. The molecular weight excluding hydrogens is 570 g/mol. The summed E-state index contributed by atoms with van der Waals surface area (Å²) in [6.07, 6.45) is 6.70. The Morgan fingerprint density at radius 3 is 2.51 bits per heavy atom. The van der Waals surface area contributed by atoms with E-state index in [1.807, 2.05) is 41.3 Å². The number of piperidine rings is 2. The van der Waals surface area contributed by atoms with Crippen molar-refractivity contribution in [2.24, 2.45) is 11.8 Å². The predicted molar refractivity (Wildman–Crippen MR) is 166 cm³/mol. The molecule has 3 saturated heterocycles. The van der Waals surface area contributed by atoms with Gasteiger partial charge in [0.1, 0.15) is 12.4 Å². The molecule has 45 heavy (non-hydrogen) atoms. The third-order valence-corrected chi connectivity index (χ3v) is 11.1. The number of rotatable bonds is 8. The van der Waals surface area contributed by atoms with Crippen LogP contribution in [-0.2, 0) is 26.2 Å². The molecule has 3 aliphatic heterocycles. The maximum Gasteiger partial charge on any atom is 0.239 e. The molecule has 5 aliphatic rings. The minimum atomic E-state index is -0.225. The highest BCUT2D eigenvalue weighted by atomic mass is 16.5. The smallest absolute Gasteiger partial charge is 0.239 e. The van der Waals surface area contributed by atoms with Gasteiger partial charge in [-0.1, -0.05) is 36.4 Å². The Bertz CT molecular complexity index is 1540. The summed E-state index contributed by atoms with van der Waals surface area (Å²) >= 11 is 0. The molecule has 236 valence electrons. The van der Waals surface area contributed by atoms with Crippen LogP contribution in [0.2, 0.25) is 0 Å². The van der Waals surface area contributed by atoms with E-state index in [2.05, 4.69) is 16.3 Å². The minimum absolute atomic E-state index is 0.0988. The summed E-state index contributed by atoms with van der Waals surface area (Å²) in [6, 6.07) is 13.4. The number of imide groups is 1. The standard InChI is InChI=1S/C36H41N3O6/c40-30-22-36(28-7-2-1-5-26(28)30)14-17-39(18-15-36)35(44)29-8-4-16-38(29)19-20-45-31-9-3-6-25-27(31)21-24(33(25)42)11-10-23-12-13-32(41)37-34(23)43/h1-3,5-7,9,23-24,29H,4,8,10-22H2,(H,37,41,43)/t23?,24?,29-/m0/s1. The first-order valence-electron chi connectivity index (χ1n) is 16.6. The molecule has 9 nitrogen and oxygen atoms in total. The average Bonchev–Trinajstić information content (AvgIpc) is 3.72. The molecular formula is C36H41N3O6. The first-order chi connectivity index (χ1) is 21.8. The number of hydrogen-bond donors (Lipinski definition) is 1. The number of Topliss-reactive ketones (excluding diaryl/α,β-unsaturated/α-hetero) is 2. The molecule has 0 radical (unpaired) electrons. The third kappa shape index (κ3) is 5.60. The molecule has 2 aromatic rings. The van der Waals surface area contributed by atoms with Crippen LogP contribution in [0.15, 0.2) is 42.5 Å². The summed E-state index contributed by atoms with van der Waals surface area (Å²) in [5.74, 6) is 0.378. The van der Waals surface area contributed by atoms with Crippen molar-refractivity contribution >= 4 is 29.3 Å². The van der Waals surface area contributed by atoms with Crippen molar-refractivity contribution in [1.82, 2.24) is 15.1 Å². The van der Waals surface area contributed by atoms with Gasteiger partial charge < -0.3 is 9.64 Å². The quantitative estimate of drug-likeness (QED) is 0.451. The third-order valence-electron chi connectivity index (χ3n) is 11.1. The number of benzene rings is 2. The van der Waals surface area contributed by atoms with Crippen molar-refractivity contribution in [3.63, 3.8) is 0 Å². The number of carbonyl (C=O) groups excluding carboxylic acids is 5. The zero-order chi connectivity index (χ0) is 31.1. The number of hydrogen-bond acceptors (Lipinski definition) is 7. The zero-order valence-corrected chi connectivity index (χ0v) is 25.7. The normalized spacial score (nSPS) is 25.9. The predicted octanol–water partition coefficient (Wildman–Crippen LogP) is 3.86. The first-order valence-corrected chi connectivity index (χ1v) is 16.6. The van der Waals surface area contributed by atoms with E-state index in [1.165, 1.54) is 0 Å². The van der Waals surface area contributed by atoms with Gasteiger partial charge in [0, 0.05) is 66.4 Å². The summed E-state index contributed by atoms with van der Waals surface area (Å²) in [6.45, 7) is 3.27. The van der Waals surface area contributed by atoms with Crippen molar-refractivity contribution in [3.05, 3.63) is 64.7 Å². The Morgan fingerprint density at radius 2 is 1.69 bits per heavy atom. The number of ketones is 2. The Labute approximate surface area is 263 Å². The van der Waals surface area contributed by atoms with E-state index in [9.17, 15) is 24.0 Å². The molecule has 0 bridgehead atoms. The molecule has 2 unspecified atom stereocenters. The van der Waals surface area contributed by atoms with E-state index in [1.54, 1.807) is 0 Å². The van der Waals surface area contributed by atoms with Gasteiger partial charge in [0.25, 0.3) is 0 Å². The lowest BCUT2D eigenvalue weighted by Crippen LogP contribution is -2.51. The molecule has 3 amide bonds. The number of nitrogens with one attached hydrogen (secondary N) is 1. The van der Waals surface area contributed by atoms with Crippen LogP contribution in [0.25, 0.3) is 0 Å². The van der Waals surface area contributed by atoms with Crippen LogP contribution in [0.4, 0.5) is 0 Å². The van der Waals surface area contributed by atoms with Gasteiger partial charge in [0.2, 0.25) is 17.7 Å². The first kappa shape index (κ1) is 29.8. The zero-order valence-electron chi connectivity index (χ0n) is 25.7. The molecule has 0 aromatic heterocycles. The topological polar surface area (TPSA) is 113 Å². The average molecular weight is 612 g/mol. The molecule has 9 heteroatoms. The summed E-state index contributed by atoms with van der Waals surface area (Å²) < 4.78 is 6.26. The molecule has 1 N–H and O–H groups in total. The second kappa shape index (κ2) is 12.2. The van der Waals surface area contributed by atoms with Gasteiger partial charge >= 0.3 is 0 Å². The van der Waals surface area contributed by atoms with Crippen LogP contribution in [-0.4, -0.2) is 77.9 Å². The van der Waals surface area contributed by atoms with Crippen LogP contribution in [0, 0.1) is 11.8 Å². The van der Waals surface area contributed by atoms with Crippen LogP contribution in [0.5, 0.6) is 5.75 Å². The summed E-state index contributed by atoms with van der Waals surface area (Å²) in [7, 11) is 0. The van der Waals surface area contributed by atoms with Gasteiger partial charge in [0.05, 0.1) is 6.04 Å².